The van der Waals surface area contributed by atoms with Crippen LogP contribution >= 0.6 is 0 Å². The summed E-state index contributed by atoms with van der Waals surface area (Å²) in [6, 6.07) is -0.0711. The molecule has 3 fully saturated rings. The minimum absolute atomic E-state index is 0.0363. The first-order valence-electron chi connectivity index (χ1n) is 10.4. The summed E-state index contributed by atoms with van der Waals surface area (Å²) in [5.74, 6) is -0.738. The van der Waals surface area contributed by atoms with E-state index in [1.54, 1.807) is 0 Å². The highest BCUT2D eigenvalue weighted by atomic mass is 28.4. The number of nitrogens with one attached hydrogen (secondary N) is 1. The molecule has 7 nitrogen and oxygen atoms in total. The van der Waals surface area contributed by atoms with Crippen LogP contribution in [0.1, 0.15) is 48.0 Å². The molecule has 0 aromatic heterocycles. The molecule has 0 unspecified atom stereocenters. The van der Waals surface area contributed by atoms with E-state index in [1.807, 2.05) is 13.8 Å². The third-order valence-corrected chi connectivity index (χ3v) is 11.4. The highest BCUT2D eigenvalue weighted by molar-refractivity contribution is 6.74. The monoisotopic (exact) mass is 414 g/mol. The molecular formula is C20H38N2O5Si. The molecule has 6 atom stereocenters. The summed E-state index contributed by atoms with van der Waals surface area (Å²) in [7, 11) is -1.89. The number of hydrogen-bond acceptors (Lipinski definition) is 6. The van der Waals surface area contributed by atoms with E-state index in [4.69, 9.17) is 13.9 Å². The van der Waals surface area contributed by atoms with Gasteiger partial charge < -0.3 is 24.3 Å². The molecule has 0 saturated carbocycles. The molecule has 0 aromatic rings. The lowest BCUT2D eigenvalue weighted by molar-refractivity contribution is -0.170. The summed E-state index contributed by atoms with van der Waals surface area (Å²) < 4.78 is 18.9. The van der Waals surface area contributed by atoms with Crippen LogP contribution < -0.4 is 5.32 Å². The quantitative estimate of drug-likeness (QED) is 0.669. The first-order valence-corrected chi connectivity index (χ1v) is 13.3. The predicted molar refractivity (Wildman–Crippen MR) is 109 cm³/mol. The van der Waals surface area contributed by atoms with E-state index in [-0.39, 0.29) is 41.3 Å². The summed E-state index contributed by atoms with van der Waals surface area (Å²) in [5, 5.41) is 13.9. The molecule has 0 aromatic carbocycles. The van der Waals surface area contributed by atoms with Crippen molar-refractivity contribution in [3.8, 4) is 0 Å². The zero-order valence-corrected chi connectivity index (χ0v) is 19.6. The van der Waals surface area contributed by atoms with E-state index in [0.717, 1.165) is 0 Å². The van der Waals surface area contributed by atoms with Gasteiger partial charge in [0, 0.05) is 26.1 Å². The summed E-state index contributed by atoms with van der Waals surface area (Å²) in [4.78, 5) is 13.9. The van der Waals surface area contributed by atoms with Crippen molar-refractivity contribution in [2.75, 3.05) is 13.2 Å². The number of carbonyl (C=O) groups is 1. The van der Waals surface area contributed by atoms with Gasteiger partial charge in [-0.2, -0.15) is 0 Å². The molecule has 0 spiro atoms. The fourth-order valence-electron chi connectivity index (χ4n) is 4.56. The van der Waals surface area contributed by atoms with Crippen LogP contribution in [0.15, 0.2) is 0 Å². The van der Waals surface area contributed by atoms with Crippen molar-refractivity contribution >= 4 is 14.2 Å². The van der Waals surface area contributed by atoms with Crippen molar-refractivity contribution in [1.82, 2.24) is 10.2 Å². The number of aliphatic hydroxyl groups is 1. The number of amides is 1. The molecule has 0 radical (unpaired) electrons. The molecule has 3 aliphatic rings. The van der Waals surface area contributed by atoms with Gasteiger partial charge in [-0.05, 0) is 38.4 Å². The lowest BCUT2D eigenvalue weighted by Crippen LogP contribution is -2.52. The van der Waals surface area contributed by atoms with Crippen LogP contribution in [0.3, 0.4) is 0 Å². The largest absolute Gasteiger partial charge is 0.415 e. The Morgan fingerprint density at radius 3 is 2.46 bits per heavy atom. The van der Waals surface area contributed by atoms with E-state index in [1.165, 1.54) is 6.92 Å². The molecule has 2 N–H and O–H groups in total. The number of nitrogens with zero attached hydrogens (tertiary/aromatic N) is 1. The van der Waals surface area contributed by atoms with Gasteiger partial charge in [0.1, 0.15) is 12.2 Å². The van der Waals surface area contributed by atoms with Gasteiger partial charge >= 0.3 is 0 Å². The van der Waals surface area contributed by atoms with Crippen molar-refractivity contribution in [3.05, 3.63) is 0 Å². The Morgan fingerprint density at radius 1 is 1.29 bits per heavy atom. The van der Waals surface area contributed by atoms with Crippen LogP contribution in [-0.4, -0.2) is 79.6 Å². The van der Waals surface area contributed by atoms with Gasteiger partial charge in [0.2, 0.25) is 5.91 Å². The third-order valence-electron chi connectivity index (χ3n) is 6.94. The minimum atomic E-state index is -1.89. The maximum Gasteiger partial charge on any atom is 0.216 e. The Labute approximate surface area is 170 Å². The van der Waals surface area contributed by atoms with Crippen LogP contribution in [0.5, 0.6) is 0 Å². The number of hydrogen-bond donors (Lipinski definition) is 2. The SMILES string of the molecule is CC(=O)NC[C@H]1[C@@H]2OC(C)(C)O[C@@H]2[C@@H]2[C@@H](O)C[C@@H](CO[Si](C)(C)C(C)(C)C)N21. The number of carbonyl (C=O) groups excluding carboxylic acids is 1. The second kappa shape index (κ2) is 7.32. The summed E-state index contributed by atoms with van der Waals surface area (Å²) in [6.45, 7) is 17.6. The van der Waals surface area contributed by atoms with Gasteiger partial charge in [0.15, 0.2) is 14.1 Å². The van der Waals surface area contributed by atoms with Crippen LogP contribution in [0.4, 0.5) is 0 Å². The molecule has 162 valence electrons. The van der Waals surface area contributed by atoms with Crippen LogP contribution in [0, 0.1) is 0 Å². The Hall–Kier alpha value is -0.513. The second-order valence-electron chi connectivity index (χ2n) is 10.5. The van der Waals surface area contributed by atoms with Crippen molar-refractivity contribution < 1.29 is 23.8 Å². The number of ether oxygens (including phenoxy) is 2. The minimum Gasteiger partial charge on any atom is -0.415 e. The Kier molecular flexibility index (Phi) is 5.80. The lowest BCUT2D eigenvalue weighted by atomic mass is 10.0. The molecule has 28 heavy (non-hydrogen) atoms. The highest BCUT2D eigenvalue weighted by Crippen LogP contribution is 2.47. The smallest absolute Gasteiger partial charge is 0.216 e. The van der Waals surface area contributed by atoms with E-state index >= 15 is 0 Å². The topological polar surface area (TPSA) is 80.3 Å². The Bertz CT molecular complexity index is 606. The molecule has 0 bridgehead atoms. The van der Waals surface area contributed by atoms with Crippen molar-refractivity contribution in [2.24, 2.45) is 0 Å². The standard InChI is InChI=1S/C20H38N2O5Si/c1-12(23)21-10-14-17-18(27-20(5,6)26-17)16-15(24)9-13(22(14)16)11-25-28(7,8)19(2,3)4/h13-18,24H,9-11H2,1-8H3,(H,21,23)/t13-,14-,15-,16-,17-,18+/m0/s1. The van der Waals surface area contributed by atoms with Crippen LogP contribution in [-0.2, 0) is 18.7 Å². The molecule has 0 aliphatic carbocycles. The molecule has 3 saturated heterocycles. The normalized spacial score (nSPS) is 37.8. The van der Waals surface area contributed by atoms with Gasteiger partial charge in [0.05, 0.1) is 18.2 Å². The molecular weight excluding hydrogens is 376 g/mol. The Balaban J connectivity index is 1.79. The summed E-state index contributed by atoms with van der Waals surface area (Å²) >= 11 is 0. The van der Waals surface area contributed by atoms with Crippen molar-refractivity contribution in [3.63, 3.8) is 0 Å². The number of rotatable bonds is 5. The molecule has 3 rings (SSSR count). The van der Waals surface area contributed by atoms with Gasteiger partial charge in [-0.15, -0.1) is 0 Å². The summed E-state index contributed by atoms with van der Waals surface area (Å²) in [5.41, 5.74) is 0. The van der Waals surface area contributed by atoms with E-state index < -0.39 is 20.2 Å². The van der Waals surface area contributed by atoms with Crippen LogP contribution in [0.2, 0.25) is 18.1 Å². The highest BCUT2D eigenvalue weighted by Gasteiger charge is 2.63. The molecule has 3 heterocycles. The number of fused-ring (bicyclic) bond motifs is 3. The maximum atomic E-state index is 11.6. The van der Waals surface area contributed by atoms with E-state index in [9.17, 15) is 9.90 Å². The fourth-order valence-corrected chi connectivity index (χ4v) is 5.60. The number of aliphatic hydroxyl groups excluding tert-OH is 1. The van der Waals surface area contributed by atoms with Gasteiger partial charge in [-0.1, -0.05) is 20.8 Å². The molecule has 3 aliphatic heterocycles. The second-order valence-corrected chi connectivity index (χ2v) is 15.3. The van der Waals surface area contributed by atoms with Gasteiger partial charge in [-0.25, -0.2) is 0 Å². The third kappa shape index (κ3) is 4.04. The average Bonchev–Trinajstić information content (AvgIpc) is 3.09. The average molecular weight is 415 g/mol. The lowest BCUT2D eigenvalue weighted by Gasteiger charge is -2.39. The van der Waals surface area contributed by atoms with Gasteiger partial charge in [0.25, 0.3) is 0 Å². The Morgan fingerprint density at radius 2 is 1.89 bits per heavy atom. The molecule has 8 heteroatoms. The molecule has 1 amide bonds. The zero-order valence-electron chi connectivity index (χ0n) is 18.6. The van der Waals surface area contributed by atoms with Crippen LogP contribution in [0.25, 0.3) is 0 Å². The van der Waals surface area contributed by atoms with Crippen molar-refractivity contribution in [1.29, 1.82) is 0 Å². The first kappa shape index (κ1) is 22.2. The van der Waals surface area contributed by atoms with E-state index in [2.05, 4.69) is 44.1 Å². The predicted octanol–water partition coefficient (Wildman–Crippen LogP) is 1.85. The fraction of sp³-hybridized carbons (Fsp3) is 0.950. The van der Waals surface area contributed by atoms with Gasteiger partial charge in [-0.3, -0.25) is 9.69 Å². The maximum absolute atomic E-state index is 11.6. The zero-order chi connectivity index (χ0) is 21.1. The van der Waals surface area contributed by atoms with E-state index in [0.29, 0.717) is 19.6 Å². The summed E-state index contributed by atoms with van der Waals surface area (Å²) in [6.07, 6.45) is -0.192. The van der Waals surface area contributed by atoms with Crippen molar-refractivity contribution in [2.45, 2.75) is 108 Å². The first-order chi connectivity index (χ1) is 12.7.